The van der Waals surface area contributed by atoms with Gasteiger partial charge in [0.15, 0.2) is 5.15 Å². The fourth-order valence-corrected chi connectivity index (χ4v) is 1.70. The van der Waals surface area contributed by atoms with Crippen molar-refractivity contribution in [2.75, 3.05) is 18.4 Å². The standard InChI is InChI=1S/C9H12ClFN4/c10-8-1-2-9(15-14-8)13-7-3-6(11)4-12-5-7/h1-2,6-7,12H,3-5H2,(H,13,15)/t6-,7-/m0/s1. The quantitative estimate of drug-likeness (QED) is 0.803. The molecule has 2 atom stereocenters. The summed E-state index contributed by atoms with van der Waals surface area (Å²) in [5, 5.41) is 14.0. The fraction of sp³-hybridized carbons (Fsp3) is 0.556. The van der Waals surface area contributed by atoms with Crippen molar-refractivity contribution < 1.29 is 4.39 Å². The summed E-state index contributed by atoms with van der Waals surface area (Å²) >= 11 is 5.60. The molecule has 1 aromatic rings. The average Bonchev–Trinajstić information content (AvgIpc) is 2.22. The first-order valence-electron chi connectivity index (χ1n) is 4.84. The van der Waals surface area contributed by atoms with Crippen LogP contribution in [-0.4, -0.2) is 35.5 Å². The van der Waals surface area contributed by atoms with Crippen LogP contribution in [0.1, 0.15) is 6.42 Å². The second-order valence-corrected chi connectivity index (χ2v) is 3.96. The van der Waals surface area contributed by atoms with Crippen molar-refractivity contribution in [3.8, 4) is 0 Å². The van der Waals surface area contributed by atoms with Gasteiger partial charge in [-0.3, -0.25) is 0 Å². The predicted octanol–water partition coefficient (Wildman–Crippen LogP) is 1.24. The second-order valence-electron chi connectivity index (χ2n) is 3.57. The molecule has 0 radical (unpaired) electrons. The fourth-order valence-electron chi connectivity index (χ4n) is 1.60. The molecule has 1 fully saturated rings. The zero-order chi connectivity index (χ0) is 10.7. The van der Waals surface area contributed by atoms with Gasteiger partial charge in [-0.15, -0.1) is 10.2 Å². The topological polar surface area (TPSA) is 49.8 Å². The van der Waals surface area contributed by atoms with Gasteiger partial charge >= 0.3 is 0 Å². The van der Waals surface area contributed by atoms with Crippen molar-refractivity contribution in [3.63, 3.8) is 0 Å². The van der Waals surface area contributed by atoms with E-state index in [1.807, 2.05) is 0 Å². The van der Waals surface area contributed by atoms with Crippen molar-refractivity contribution in [1.82, 2.24) is 15.5 Å². The molecule has 15 heavy (non-hydrogen) atoms. The third-order valence-electron chi connectivity index (χ3n) is 2.28. The highest BCUT2D eigenvalue weighted by Crippen LogP contribution is 2.12. The summed E-state index contributed by atoms with van der Waals surface area (Å²) in [4.78, 5) is 0. The van der Waals surface area contributed by atoms with E-state index >= 15 is 0 Å². The summed E-state index contributed by atoms with van der Waals surface area (Å²) < 4.78 is 13.0. The van der Waals surface area contributed by atoms with Crippen molar-refractivity contribution >= 4 is 17.4 Å². The SMILES string of the molecule is F[C@@H]1CNC[C@@H](Nc2ccc(Cl)nn2)C1. The number of halogens is 2. The molecule has 1 saturated heterocycles. The molecule has 4 nitrogen and oxygen atoms in total. The Morgan fingerprint density at radius 1 is 1.40 bits per heavy atom. The van der Waals surface area contributed by atoms with E-state index in [-0.39, 0.29) is 6.04 Å². The van der Waals surface area contributed by atoms with E-state index in [4.69, 9.17) is 11.6 Å². The minimum atomic E-state index is -0.795. The third-order valence-corrected chi connectivity index (χ3v) is 2.48. The molecule has 1 aromatic heterocycles. The molecule has 0 unspecified atom stereocenters. The molecule has 2 heterocycles. The predicted molar refractivity (Wildman–Crippen MR) is 56.8 cm³/mol. The van der Waals surface area contributed by atoms with Crippen LogP contribution >= 0.6 is 11.6 Å². The molecule has 1 aliphatic rings. The molecule has 0 amide bonds. The first-order valence-corrected chi connectivity index (χ1v) is 5.22. The molecular formula is C9H12ClFN4. The van der Waals surface area contributed by atoms with Crippen LogP contribution in [0.4, 0.5) is 10.2 Å². The Hall–Kier alpha value is -0.940. The normalized spacial score (nSPS) is 26.3. The zero-order valence-electron chi connectivity index (χ0n) is 8.08. The van der Waals surface area contributed by atoms with Gasteiger partial charge in [0.1, 0.15) is 12.0 Å². The number of anilines is 1. The molecule has 0 saturated carbocycles. The van der Waals surface area contributed by atoms with Crippen LogP contribution in [0.5, 0.6) is 0 Å². The summed E-state index contributed by atoms with van der Waals surface area (Å²) in [7, 11) is 0. The van der Waals surface area contributed by atoms with Crippen LogP contribution in [0.3, 0.4) is 0 Å². The van der Waals surface area contributed by atoms with E-state index in [9.17, 15) is 4.39 Å². The molecule has 0 bridgehead atoms. The highest BCUT2D eigenvalue weighted by atomic mass is 35.5. The van der Waals surface area contributed by atoms with Crippen LogP contribution in [0.15, 0.2) is 12.1 Å². The summed E-state index contributed by atoms with van der Waals surface area (Å²) in [5.74, 6) is 0.625. The number of nitrogens with zero attached hydrogens (tertiary/aromatic N) is 2. The lowest BCUT2D eigenvalue weighted by Gasteiger charge is -2.26. The highest BCUT2D eigenvalue weighted by Gasteiger charge is 2.20. The summed E-state index contributed by atoms with van der Waals surface area (Å²) in [6, 6.07) is 3.45. The Balaban J connectivity index is 1.93. The number of alkyl halides is 1. The van der Waals surface area contributed by atoms with Gasteiger partial charge in [0.25, 0.3) is 0 Å². The summed E-state index contributed by atoms with van der Waals surface area (Å²) in [6.45, 7) is 1.18. The van der Waals surface area contributed by atoms with Crippen LogP contribution < -0.4 is 10.6 Å². The lowest BCUT2D eigenvalue weighted by Crippen LogP contribution is -2.44. The van der Waals surface area contributed by atoms with E-state index in [0.717, 1.165) is 6.54 Å². The monoisotopic (exact) mass is 230 g/mol. The molecule has 0 aromatic carbocycles. The van der Waals surface area contributed by atoms with Gasteiger partial charge in [-0.2, -0.15) is 0 Å². The number of aromatic nitrogens is 2. The number of hydrogen-bond acceptors (Lipinski definition) is 4. The van der Waals surface area contributed by atoms with Crippen LogP contribution in [0.25, 0.3) is 0 Å². The zero-order valence-corrected chi connectivity index (χ0v) is 8.84. The minimum absolute atomic E-state index is 0.0595. The van der Waals surface area contributed by atoms with E-state index in [0.29, 0.717) is 23.9 Å². The van der Waals surface area contributed by atoms with Crippen molar-refractivity contribution in [1.29, 1.82) is 0 Å². The lowest BCUT2D eigenvalue weighted by atomic mass is 10.1. The maximum Gasteiger partial charge on any atom is 0.151 e. The van der Waals surface area contributed by atoms with Gasteiger partial charge in [-0.1, -0.05) is 11.6 Å². The molecular weight excluding hydrogens is 219 g/mol. The van der Waals surface area contributed by atoms with E-state index in [2.05, 4.69) is 20.8 Å². The van der Waals surface area contributed by atoms with E-state index < -0.39 is 6.17 Å². The first-order chi connectivity index (χ1) is 7.24. The summed E-state index contributed by atoms with van der Waals surface area (Å²) in [5.41, 5.74) is 0. The largest absolute Gasteiger partial charge is 0.364 e. The Labute approximate surface area is 92.2 Å². The van der Waals surface area contributed by atoms with E-state index in [1.54, 1.807) is 12.1 Å². The molecule has 2 rings (SSSR count). The second kappa shape index (κ2) is 4.72. The Bertz CT molecular complexity index is 318. The number of nitrogens with one attached hydrogen (secondary N) is 2. The van der Waals surface area contributed by atoms with Crippen LogP contribution in [0, 0.1) is 0 Å². The molecule has 0 aliphatic carbocycles. The Morgan fingerprint density at radius 3 is 2.93 bits per heavy atom. The number of piperidine rings is 1. The molecule has 2 N–H and O–H groups in total. The van der Waals surface area contributed by atoms with Gasteiger partial charge in [-0.05, 0) is 12.1 Å². The van der Waals surface area contributed by atoms with Crippen LogP contribution in [-0.2, 0) is 0 Å². The molecule has 1 aliphatic heterocycles. The van der Waals surface area contributed by atoms with Crippen molar-refractivity contribution in [2.24, 2.45) is 0 Å². The van der Waals surface area contributed by atoms with Gasteiger partial charge in [-0.25, -0.2) is 4.39 Å². The lowest BCUT2D eigenvalue weighted by molar-refractivity contribution is 0.254. The third kappa shape index (κ3) is 3.00. The minimum Gasteiger partial charge on any atom is -0.364 e. The Morgan fingerprint density at radius 2 is 2.27 bits per heavy atom. The smallest absolute Gasteiger partial charge is 0.151 e. The molecule has 82 valence electrons. The average molecular weight is 231 g/mol. The van der Waals surface area contributed by atoms with Gasteiger partial charge in [0.05, 0.1) is 0 Å². The van der Waals surface area contributed by atoms with E-state index in [1.165, 1.54) is 0 Å². The number of rotatable bonds is 2. The first kappa shape index (κ1) is 10.6. The molecule has 0 spiro atoms. The number of hydrogen-bond donors (Lipinski definition) is 2. The van der Waals surface area contributed by atoms with Crippen molar-refractivity contribution in [2.45, 2.75) is 18.6 Å². The van der Waals surface area contributed by atoms with Crippen LogP contribution in [0.2, 0.25) is 5.15 Å². The summed E-state index contributed by atoms with van der Waals surface area (Å²) in [6.07, 6.45) is -0.298. The Kier molecular flexibility index (Phi) is 3.33. The maximum atomic E-state index is 13.0. The highest BCUT2D eigenvalue weighted by molar-refractivity contribution is 6.29. The van der Waals surface area contributed by atoms with Gasteiger partial charge in [0, 0.05) is 25.6 Å². The maximum absolute atomic E-state index is 13.0. The van der Waals surface area contributed by atoms with Gasteiger partial charge in [0.2, 0.25) is 0 Å². The molecule has 6 heteroatoms. The van der Waals surface area contributed by atoms with Crippen molar-refractivity contribution in [3.05, 3.63) is 17.3 Å². The van der Waals surface area contributed by atoms with Gasteiger partial charge < -0.3 is 10.6 Å².